The Bertz CT molecular complexity index is 271. The van der Waals surface area contributed by atoms with E-state index in [1.165, 1.54) is 0 Å². The Morgan fingerprint density at radius 3 is 2.36 bits per heavy atom. The van der Waals surface area contributed by atoms with Crippen LogP contribution in [0.25, 0.3) is 0 Å². The number of ether oxygens (including phenoxy) is 1. The molecule has 3 N–H and O–H groups in total. The molecule has 0 bridgehead atoms. The zero-order valence-corrected chi connectivity index (χ0v) is 17.4. The first-order valence-electron chi connectivity index (χ1n) is 8.40. The van der Waals surface area contributed by atoms with Crippen LogP contribution in [0.1, 0.15) is 47.5 Å². The molecule has 1 unspecified atom stereocenters. The van der Waals surface area contributed by atoms with Gasteiger partial charge in [-0.05, 0) is 38.8 Å². The number of rotatable bonds is 12. The molecular formula is C16H37IN4O. The molecule has 0 aromatic carbocycles. The van der Waals surface area contributed by atoms with Crippen molar-refractivity contribution in [2.24, 2.45) is 16.6 Å². The van der Waals surface area contributed by atoms with Gasteiger partial charge in [-0.1, -0.05) is 27.7 Å². The number of nitrogens with one attached hydrogen (secondary N) is 1. The fraction of sp³-hybridized carbons (Fsp3) is 0.938. The average molecular weight is 428 g/mol. The molecule has 0 saturated heterocycles. The normalized spacial score (nSPS) is 13.3. The molecule has 0 rings (SSSR count). The van der Waals surface area contributed by atoms with Crippen molar-refractivity contribution in [3.63, 3.8) is 0 Å². The highest BCUT2D eigenvalue weighted by molar-refractivity contribution is 14.0. The van der Waals surface area contributed by atoms with Crippen molar-refractivity contribution in [1.29, 1.82) is 0 Å². The Balaban J connectivity index is 0. The van der Waals surface area contributed by atoms with Crippen LogP contribution in [0.4, 0.5) is 0 Å². The van der Waals surface area contributed by atoms with Crippen molar-refractivity contribution >= 4 is 29.9 Å². The molecule has 0 aliphatic heterocycles. The van der Waals surface area contributed by atoms with Gasteiger partial charge in [0.25, 0.3) is 0 Å². The van der Waals surface area contributed by atoms with Crippen LogP contribution in [0.5, 0.6) is 0 Å². The summed E-state index contributed by atoms with van der Waals surface area (Å²) >= 11 is 0. The maximum Gasteiger partial charge on any atom is 0.188 e. The molecular weight excluding hydrogens is 391 g/mol. The minimum Gasteiger partial charge on any atom is -0.382 e. The zero-order valence-electron chi connectivity index (χ0n) is 15.1. The van der Waals surface area contributed by atoms with Gasteiger partial charge in [-0.3, -0.25) is 9.89 Å². The van der Waals surface area contributed by atoms with Crippen LogP contribution >= 0.6 is 24.0 Å². The Morgan fingerprint density at radius 2 is 1.86 bits per heavy atom. The highest BCUT2D eigenvalue weighted by Gasteiger charge is 2.16. The molecule has 0 amide bonds. The van der Waals surface area contributed by atoms with Crippen LogP contribution in [0.3, 0.4) is 0 Å². The SMILES string of the molecule is CCOCCCNC(N)=NCC(CC(C)C)N(CC)CC.I. The second kappa shape index (κ2) is 15.8. The van der Waals surface area contributed by atoms with Crippen LogP contribution < -0.4 is 11.1 Å². The van der Waals surface area contributed by atoms with Gasteiger partial charge in [0.1, 0.15) is 0 Å². The van der Waals surface area contributed by atoms with Gasteiger partial charge >= 0.3 is 0 Å². The molecule has 0 aliphatic carbocycles. The predicted molar refractivity (Wildman–Crippen MR) is 107 cm³/mol. The molecule has 1 atom stereocenters. The van der Waals surface area contributed by atoms with Crippen molar-refractivity contribution in [1.82, 2.24) is 10.2 Å². The van der Waals surface area contributed by atoms with Gasteiger partial charge in [0, 0.05) is 25.8 Å². The van der Waals surface area contributed by atoms with Crippen molar-refractivity contribution in [2.75, 3.05) is 39.4 Å². The number of nitrogens with two attached hydrogens (primary N) is 1. The maximum absolute atomic E-state index is 5.93. The van der Waals surface area contributed by atoms with Gasteiger partial charge in [-0.25, -0.2) is 0 Å². The lowest BCUT2D eigenvalue weighted by molar-refractivity contribution is 0.145. The number of nitrogens with zero attached hydrogens (tertiary/aromatic N) is 2. The third-order valence-corrected chi connectivity index (χ3v) is 3.52. The minimum absolute atomic E-state index is 0. The summed E-state index contributed by atoms with van der Waals surface area (Å²) in [6, 6.07) is 0.476. The van der Waals surface area contributed by atoms with Gasteiger partial charge in [-0.15, -0.1) is 24.0 Å². The van der Waals surface area contributed by atoms with Crippen LogP contribution in [0, 0.1) is 5.92 Å². The molecule has 0 saturated carbocycles. The lowest BCUT2D eigenvalue weighted by Crippen LogP contribution is -2.40. The van der Waals surface area contributed by atoms with Crippen LogP contribution in [-0.2, 0) is 4.74 Å². The summed E-state index contributed by atoms with van der Waals surface area (Å²) in [4.78, 5) is 6.98. The quantitative estimate of drug-likeness (QED) is 0.217. The number of halogens is 1. The molecule has 0 aliphatic rings. The first-order chi connectivity index (χ1) is 10.0. The van der Waals surface area contributed by atoms with Gasteiger partial charge in [0.15, 0.2) is 5.96 Å². The molecule has 0 aromatic rings. The minimum atomic E-state index is 0. The van der Waals surface area contributed by atoms with E-state index in [0.717, 1.165) is 52.2 Å². The molecule has 0 aromatic heterocycles. The van der Waals surface area contributed by atoms with Crippen LogP contribution in [-0.4, -0.2) is 56.3 Å². The molecule has 6 heteroatoms. The summed E-state index contributed by atoms with van der Waals surface area (Å²) in [5.41, 5.74) is 5.93. The lowest BCUT2D eigenvalue weighted by atomic mass is 10.0. The third kappa shape index (κ3) is 12.5. The lowest BCUT2D eigenvalue weighted by Gasteiger charge is -2.29. The number of aliphatic imine (C=N–C) groups is 1. The molecule has 22 heavy (non-hydrogen) atoms. The number of likely N-dealkylation sites (N-methyl/N-ethyl adjacent to an activating group) is 1. The third-order valence-electron chi connectivity index (χ3n) is 3.52. The van der Waals surface area contributed by atoms with Gasteiger partial charge in [0.05, 0.1) is 6.54 Å². The second-order valence-corrected chi connectivity index (χ2v) is 5.71. The standard InChI is InChI=1S/C16H36N4O.HI/c1-6-20(7-2)15(12-14(4)5)13-19-16(17)18-10-9-11-21-8-3;/h14-15H,6-13H2,1-5H3,(H3,17,18,19);1H. The highest BCUT2D eigenvalue weighted by atomic mass is 127. The van der Waals surface area contributed by atoms with Crippen molar-refractivity contribution in [3.05, 3.63) is 0 Å². The Kier molecular flexibility index (Phi) is 17.4. The number of guanidine groups is 1. The van der Waals surface area contributed by atoms with E-state index in [0.29, 0.717) is 17.9 Å². The van der Waals surface area contributed by atoms with E-state index in [9.17, 15) is 0 Å². The van der Waals surface area contributed by atoms with Crippen LogP contribution in [0.15, 0.2) is 4.99 Å². The van der Waals surface area contributed by atoms with Crippen molar-refractivity contribution in [3.8, 4) is 0 Å². The molecule has 0 spiro atoms. The van der Waals surface area contributed by atoms with Gasteiger partial charge in [0.2, 0.25) is 0 Å². The fourth-order valence-electron chi connectivity index (χ4n) is 2.42. The summed E-state index contributed by atoms with van der Waals surface area (Å²) in [6.07, 6.45) is 2.11. The average Bonchev–Trinajstić information content (AvgIpc) is 2.45. The Labute approximate surface area is 154 Å². The summed E-state index contributed by atoms with van der Waals surface area (Å²) in [5.74, 6) is 1.22. The predicted octanol–water partition coefficient (Wildman–Crippen LogP) is 2.69. The maximum atomic E-state index is 5.93. The Morgan fingerprint density at radius 1 is 1.23 bits per heavy atom. The molecule has 0 radical (unpaired) electrons. The smallest absolute Gasteiger partial charge is 0.188 e. The zero-order chi connectivity index (χ0) is 16.1. The molecule has 5 nitrogen and oxygen atoms in total. The molecule has 0 heterocycles. The van der Waals surface area contributed by atoms with E-state index in [1.54, 1.807) is 0 Å². The van der Waals surface area contributed by atoms with E-state index in [2.05, 4.69) is 42.9 Å². The monoisotopic (exact) mass is 428 g/mol. The van der Waals surface area contributed by atoms with E-state index >= 15 is 0 Å². The van der Waals surface area contributed by atoms with E-state index in [4.69, 9.17) is 10.5 Å². The summed E-state index contributed by atoms with van der Waals surface area (Å²) < 4.78 is 5.29. The largest absolute Gasteiger partial charge is 0.382 e. The highest BCUT2D eigenvalue weighted by Crippen LogP contribution is 2.11. The van der Waals surface area contributed by atoms with Gasteiger partial charge in [-0.2, -0.15) is 0 Å². The van der Waals surface area contributed by atoms with E-state index in [-0.39, 0.29) is 24.0 Å². The van der Waals surface area contributed by atoms with Crippen molar-refractivity contribution in [2.45, 2.75) is 53.5 Å². The fourth-order valence-corrected chi connectivity index (χ4v) is 2.42. The summed E-state index contributed by atoms with van der Waals surface area (Å²) in [5, 5.41) is 3.15. The summed E-state index contributed by atoms with van der Waals surface area (Å²) in [7, 11) is 0. The number of hydrogen-bond donors (Lipinski definition) is 2. The Hall–Kier alpha value is -0.0800. The van der Waals surface area contributed by atoms with E-state index < -0.39 is 0 Å². The molecule has 134 valence electrons. The first-order valence-corrected chi connectivity index (χ1v) is 8.40. The van der Waals surface area contributed by atoms with Gasteiger partial charge < -0.3 is 15.8 Å². The topological polar surface area (TPSA) is 62.9 Å². The first kappa shape index (κ1) is 24.2. The van der Waals surface area contributed by atoms with Crippen molar-refractivity contribution < 1.29 is 4.74 Å². The second-order valence-electron chi connectivity index (χ2n) is 5.71. The van der Waals surface area contributed by atoms with E-state index in [1.807, 2.05) is 6.92 Å². The molecule has 0 fully saturated rings. The van der Waals surface area contributed by atoms with Crippen LogP contribution in [0.2, 0.25) is 0 Å². The number of hydrogen-bond acceptors (Lipinski definition) is 3. The summed E-state index contributed by atoms with van der Waals surface area (Å²) in [6.45, 7) is 16.2.